The Kier molecular flexibility index (Phi) is 3.85. The fourth-order valence-electron chi connectivity index (χ4n) is 2.92. The van der Waals surface area contributed by atoms with E-state index in [4.69, 9.17) is 5.11 Å². The molecule has 2 N–H and O–H groups in total. The van der Waals surface area contributed by atoms with Gasteiger partial charge in [-0.15, -0.1) is 0 Å². The molecule has 0 aromatic carbocycles. The van der Waals surface area contributed by atoms with Crippen LogP contribution in [0.3, 0.4) is 0 Å². The van der Waals surface area contributed by atoms with Gasteiger partial charge in [0.15, 0.2) is 0 Å². The van der Waals surface area contributed by atoms with Crippen molar-refractivity contribution < 1.29 is 14.7 Å². The van der Waals surface area contributed by atoms with E-state index in [2.05, 4.69) is 31.1 Å². The van der Waals surface area contributed by atoms with Crippen LogP contribution in [-0.4, -0.2) is 48.6 Å². The van der Waals surface area contributed by atoms with E-state index in [1.165, 1.54) is 6.42 Å². The summed E-state index contributed by atoms with van der Waals surface area (Å²) in [6.45, 7) is 7.18. The van der Waals surface area contributed by atoms with Crippen LogP contribution < -0.4 is 5.32 Å². The molecule has 1 saturated heterocycles. The fourth-order valence-corrected chi connectivity index (χ4v) is 2.92. The lowest BCUT2D eigenvalue weighted by Gasteiger charge is -2.31. The van der Waals surface area contributed by atoms with Gasteiger partial charge in [0.1, 0.15) is 0 Å². The van der Waals surface area contributed by atoms with E-state index in [-0.39, 0.29) is 17.2 Å². The van der Waals surface area contributed by atoms with Crippen LogP contribution in [0.25, 0.3) is 0 Å². The highest BCUT2D eigenvalue weighted by atomic mass is 16.4. The van der Waals surface area contributed by atoms with Crippen LogP contribution in [0.4, 0.5) is 0 Å². The molecule has 1 aliphatic carbocycles. The van der Waals surface area contributed by atoms with Crippen LogP contribution in [0.5, 0.6) is 0 Å². The minimum atomic E-state index is -0.850. The van der Waals surface area contributed by atoms with Crippen molar-refractivity contribution in [1.29, 1.82) is 0 Å². The van der Waals surface area contributed by atoms with Crippen molar-refractivity contribution in [3.8, 4) is 0 Å². The minimum absolute atomic E-state index is 0.0635. The highest BCUT2D eigenvalue weighted by Crippen LogP contribution is 2.39. The van der Waals surface area contributed by atoms with Gasteiger partial charge in [0.05, 0.1) is 11.8 Å². The SMILES string of the molecule is CN1CCC(C(C)(C)CNC(=O)C2CC2C(=O)O)C1. The summed E-state index contributed by atoms with van der Waals surface area (Å²) in [5.41, 5.74) is 0.0635. The number of hydrogen-bond donors (Lipinski definition) is 2. The number of nitrogens with zero attached hydrogens (tertiary/aromatic N) is 1. The van der Waals surface area contributed by atoms with Gasteiger partial charge in [-0.3, -0.25) is 9.59 Å². The second kappa shape index (κ2) is 5.12. The molecule has 0 spiro atoms. The Morgan fingerprint density at radius 1 is 1.37 bits per heavy atom. The summed E-state index contributed by atoms with van der Waals surface area (Å²) < 4.78 is 0. The Morgan fingerprint density at radius 2 is 2.05 bits per heavy atom. The highest BCUT2D eigenvalue weighted by Gasteiger charge is 2.48. The smallest absolute Gasteiger partial charge is 0.307 e. The Morgan fingerprint density at radius 3 is 2.53 bits per heavy atom. The highest BCUT2D eigenvalue weighted by molar-refractivity contribution is 5.89. The van der Waals surface area contributed by atoms with Gasteiger partial charge >= 0.3 is 5.97 Å². The van der Waals surface area contributed by atoms with Crippen LogP contribution in [0.15, 0.2) is 0 Å². The molecule has 5 heteroatoms. The molecule has 1 saturated carbocycles. The Labute approximate surface area is 114 Å². The van der Waals surface area contributed by atoms with Crippen molar-refractivity contribution in [1.82, 2.24) is 10.2 Å². The van der Waals surface area contributed by atoms with Gasteiger partial charge in [-0.1, -0.05) is 13.8 Å². The quantitative estimate of drug-likeness (QED) is 0.774. The van der Waals surface area contributed by atoms with E-state index < -0.39 is 11.9 Å². The molecule has 2 fully saturated rings. The second-order valence-corrected chi connectivity index (χ2v) is 6.74. The number of aliphatic carboxylic acids is 1. The van der Waals surface area contributed by atoms with Crippen molar-refractivity contribution >= 4 is 11.9 Å². The molecule has 19 heavy (non-hydrogen) atoms. The first-order valence-corrected chi connectivity index (χ1v) is 7.00. The molecule has 1 aliphatic heterocycles. The molecule has 3 atom stereocenters. The first-order chi connectivity index (χ1) is 8.81. The third-order valence-electron chi connectivity index (χ3n) is 4.66. The predicted molar refractivity (Wildman–Crippen MR) is 71.6 cm³/mol. The molecule has 5 nitrogen and oxygen atoms in total. The minimum Gasteiger partial charge on any atom is -0.481 e. The summed E-state index contributed by atoms with van der Waals surface area (Å²) in [4.78, 5) is 24.9. The number of rotatable bonds is 5. The number of carboxylic acids is 1. The molecule has 108 valence electrons. The Bertz CT molecular complexity index is 381. The molecule has 0 aromatic heterocycles. The molecule has 2 rings (SSSR count). The number of nitrogens with one attached hydrogen (secondary N) is 1. The van der Waals surface area contributed by atoms with E-state index >= 15 is 0 Å². The van der Waals surface area contributed by atoms with E-state index in [1.54, 1.807) is 0 Å². The maximum atomic E-state index is 11.9. The molecule has 0 radical (unpaired) electrons. The first kappa shape index (κ1) is 14.3. The summed E-state index contributed by atoms with van der Waals surface area (Å²) in [6, 6.07) is 0. The van der Waals surface area contributed by atoms with E-state index in [9.17, 15) is 9.59 Å². The zero-order valence-corrected chi connectivity index (χ0v) is 12.0. The van der Waals surface area contributed by atoms with E-state index in [0.717, 1.165) is 13.1 Å². The van der Waals surface area contributed by atoms with Crippen LogP contribution >= 0.6 is 0 Å². The zero-order chi connectivity index (χ0) is 14.2. The molecule has 0 bridgehead atoms. The number of hydrogen-bond acceptors (Lipinski definition) is 3. The molecular weight excluding hydrogens is 244 g/mol. The third kappa shape index (κ3) is 3.26. The molecule has 0 aromatic rings. The molecule has 1 amide bonds. The topological polar surface area (TPSA) is 69.6 Å². The van der Waals surface area contributed by atoms with Gasteiger partial charge in [0, 0.05) is 13.1 Å². The van der Waals surface area contributed by atoms with Crippen LogP contribution in [0.1, 0.15) is 26.7 Å². The van der Waals surface area contributed by atoms with Gasteiger partial charge in [-0.05, 0) is 37.8 Å². The lowest BCUT2D eigenvalue weighted by Crippen LogP contribution is -2.40. The van der Waals surface area contributed by atoms with Gasteiger partial charge in [0.25, 0.3) is 0 Å². The van der Waals surface area contributed by atoms with Crippen LogP contribution in [0.2, 0.25) is 0 Å². The van der Waals surface area contributed by atoms with Gasteiger partial charge < -0.3 is 15.3 Å². The summed E-state index contributed by atoms with van der Waals surface area (Å²) in [6.07, 6.45) is 1.66. The lowest BCUT2D eigenvalue weighted by atomic mass is 9.78. The Hall–Kier alpha value is -1.10. The predicted octanol–water partition coefficient (Wildman–Crippen LogP) is 0.801. The van der Waals surface area contributed by atoms with Gasteiger partial charge in [-0.2, -0.15) is 0 Å². The van der Waals surface area contributed by atoms with Crippen molar-refractivity contribution in [3.05, 3.63) is 0 Å². The number of carbonyl (C=O) groups excluding carboxylic acids is 1. The van der Waals surface area contributed by atoms with Crippen molar-refractivity contribution in [3.63, 3.8) is 0 Å². The molecule has 1 heterocycles. The van der Waals surface area contributed by atoms with Crippen molar-refractivity contribution in [2.75, 3.05) is 26.7 Å². The Balaban J connectivity index is 1.78. The summed E-state index contributed by atoms with van der Waals surface area (Å²) in [5, 5.41) is 11.8. The number of likely N-dealkylation sites (tertiary alicyclic amines) is 1. The van der Waals surface area contributed by atoms with Crippen LogP contribution in [0, 0.1) is 23.2 Å². The zero-order valence-electron chi connectivity index (χ0n) is 12.0. The maximum Gasteiger partial charge on any atom is 0.307 e. The number of amides is 1. The third-order valence-corrected chi connectivity index (χ3v) is 4.66. The monoisotopic (exact) mass is 268 g/mol. The number of carbonyl (C=O) groups is 2. The summed E-state index contributed by atoms with van der Waals surface area (Å²) in [7, 11) is 2.12. The average molecular weight is 268 g/mol. The normalized spacial score (nSPS) is 31.2. The molecular formula is C14H24N2O3. The average Bonchev–Trinajstić information content (AvgIpc) is 3.02. The number of carboxylic acid groups (broad SMARTS) is 1. The van der Waals surface area contributed by atoms with Crippen LogP contribution in [-0.2, 0) is 9.59 Å². The van der Waals surface area contributed by atoms with E-state index in [0.29, 0.717) is 18.9 Å². The van der Waals surface area contributed by atoms with Gasteiger partial charge in [-0.25, -0.2) is 0 Å². The molecule has 2 aliphatic rings. The summed E-state index contributed by atoms with van der Waals surface area (Å²) in [5.74, 6) is -1.11. The first-order valence-electron chi connectivity index (χ1n) is 7.00. The summed E-state index contributed by atoms with van der Waals surface area (Å²) >= 11 is 0. The molecule has 3 unspecified atom stereocenters. The lowest BCUT2D eigenvalue weighted by molar-refractivity contribution is -0.140. The van der Waals surface area contributed by atoms with Crippen molar-refractivity contribution in [2.24, 2.45) is 23.2 Å². The maximum absolute atomic E-state index is 11.9. The van der Waals surface area contributed by atoms with Gasteiger partial charge in [0.2, 0.25) is 5.91 Å². The second-order valence-electron chi connectivity index (χ2n) is 6.74. The van der Waals surface area contributed by atoms with Crippen molar-refractivity contribution in [2.45, 2.75) is 26.7 Å². The standard InChI is InChI=1S/C14H24N2O3/c1-14(2,9-4-5-16(3)7-9)8-15-12(17)10-6-11(10)13(18)19/h9-11H,4-8H2,1-3H3,(H,15,17)(H,18,19). The van der Waals surface area contributed by atoms with E-state index in [1.807, 2.05) is 0 Å². The fraction of sp³-hybridized carbons (Fsp3) is 0.857. The largest absolute Gasteiger partial charge is 0.481 e.